The number of hydrogen-bond acceptors (Lipinski definition) is 4. The molecule has 8 heteroatoms. The van der Waals surface area contributed by atoms with Crippen LogP contribution in [0.1, 0.15) is 40.0 Å². The first-order valence-electron chi connectivity index (χ1n) is 12.2. The fraction of sp³-hybridized carbons (Fsp3) is 0.333. The number of carbonyl (C=O) groups is 1. The van der Waals surface area contributed by atoms with Gasteiger partial charge >= 0.3 is 0 Å². The first kappa shape index (κ1) is 22.2. The number of benzene rings is 2. The number of rotatable bonds is 3. The molecule has 0 unspecified atom stereocenters. The molecule has 180 valence electrons. The number of H-pyrrole nitrogens is 1. The number of amides is 1. The van der Waals surface area contributed by atoms with Crippen molar-refractivity contribution in [2.75, 3.05) is 26.2 Å². The summed E-state index contributed by atoms with van der Waals surface area (Å²) in [6.07, 6.45) is 6.12. The van der Waals surface area contributed by atoms with Gasteiger partial charge in [-0.2, -0.15) is 4.31 Å². The minimum Gasteiger partial charge on any atom is -0.358 e. The minimum absolute atomic E-state index is 0.0476. The Kier molecular flexibility index (Phi) is 5.38. The van der Waals surface area contributed by atoms with E-state index in [0.717, 1.165) is 34.7 Å². The number of fused-ring (bicyclic) bond motifs is 4. The Bertz CT molecular complexity index is 1570. The number of sulfonamides is 1. The maximum Gasteiger partial charge on any atom is 0.256 e. The molecular formula is C27H28N4O3S. The summed E-state index contributed by atoms with van der Waals surface area (Å²) in [4.78, 5) is 23.4. The lowest BCUT2D eigenvalue weighted by Gasteiger charge is -2.34. The van der Waals surface area contributed by atoms with E-state index in [4.69, 9.17) is 0 Å². The predicted octanol–water partition coefficient (Wildman–Crippen LogP) is 4.05. The van der Waals surface area contributed by atoms with Crippen molar-refractivity contribution in [3.63, 3.8) is 0 Å². The van der Waals surface area contributed by atoms with Gasteiger partial charge < -0.3 is 9.88 Å². The van der Waals surface area contributed by atoms with Crippen LogP contribution < -0.4 is 0 Å². The van der Waals surface area contributed by atoms with Crippen LogP contribution in [0.5, 0.6) is 0 Å². The fourth-order valence-corrected chi connectivity index (χ4v) is 7.09. The monoisotopic (exact) mass is 488 g/mol. The topological polar surface area (TPSA) is 86.4 Å². The number of pyridine rings is 1. The van der Waals surface area contributed by atoms with Crippen molar-refractivity contribution in [3.05, 3.63) is 71.0 Å². The zero-order valence-corrected chi connectivity index (χ0v) is 20.6. The van der Waals surface area contributed by atoms with Crippen LogP contribution in [0, 0.1) is 6.92 Å². The van der Waals surface area contributed by atoms with Gasteiger partial charge in [-0.15, -0.1) is 0 Å². The number of nitrogens with one attached hydrogen (secondary N) is 1. The molecule has 35 heavy (non-hydrogen) atoms. The summed E-state index contributed by atoms with van der Waals surface area (Å²) in [6, 6.07) is 13.1. The number of aryl methyl sites for hydroxylation is 3. The third kappa shape index (κ3) is 3.72. The number of para-hydroxylation sites is 2. The molecule has 0 bridgehead atoms. The maximum absolute atomic E-state index is 13.5. The van der Waals surface area contributed by atoms with Crippen LogP contribution in [0.3, 0.4) is 0 Å². The van der Waals surface area contributed by atoms with Crippen LogP contribution in [-0.2, 0) is 22.9 Å². The van der Waals surface area contributed by atoms with Gasteiger partial charge in [-0.3, -0.25) is 9.78 Å². The highest BCUT2D eigenvalue weighted by Gasteiger charge is 2.32. The molecular weight excluding hydrogens is 460 g/mol. The van der Waals surface area contributed by atoms with Crippen molar-refractivity contribution in [3.8, 4) is 0 Å². The summed E-state index contributed by atoms with van der Waals surface area (Å²) < 4.78 is 28.5. The van der Waals surface area contributed by atoms with E-state index in [0.29, 0.717) is 24.2 Å². The largest absolute Gasteiger partial charge is 0.358 e. The van der Waals surface area contributed by atoms with Gasteiger partial charge in [0.25, 0.3) is 5.91 Å². The smallest absolute Gasteiger partial charge is 0.256 e. The normalized spacial score (nSPS) is 17.1. The van der Waals surface area contributed by atoms with E-state index in [2.05, 4.69) is 16.0 Å². The number of aromatic nitrogens is 2. The molecule has 7 nitrogen and oxygen atoms in total. The predicted molar refractivity (Wildman–Crippen MR) is 136 cm³/mol. The van der Waals surface area contributed by atoms with Crippen LogP contribution in [0.2, 0.25) is 0 Å². The van der Waals surface area contributed by atoms with Crippen molar-refractivity contribution in [2.24, 2.45) is 0 Å². The number of aromatic amines is 1. The molecule has 2 aromatic carbocycles. The molecule has 1 aliphatic carbocycles. The molecule has 6 rings (SSSR count). The SMILES string of the molecule is Cc1cnc2c(S(=O)(=O)N3CCN(C(=O)c4cccc5c6c([nH]c45)CCCC6)CC3)cccc2c1. The van der Waals surface area contributed by atoms with Gasteiger partial charge in [-0.1, -0.05) is 24.3 Å². The molecule has 1 saturated heterocycles. The molecule has 0 radical (unpaired) electrons. The molecule has 1 fully saturated rings. The Morgan fingerprint density at radius 3 is 2.60 bits per heavy atom. The van der Waals surface area contributed by atoms with E-state index in [1.165, 1.54) is 28.4 Å². The van der Waals surface area contributed by atoms with E-state index in [-0.39, 0.29) is 23.9 Å². The second kappa shape index (κ2) is 8.46. The van der Waals surface area contributed by atoms with Crippen molar-refractivity contribution in [2.45, 2.75) is 37.5 Å². The summed E-state index contributed by atoms with van der Waals surface area (Å²) in [7, 11) is -3.73. The summed E-state index contributed by atoms with van der Waals surface area (Å²) in [5, 5.41) is 1.95. The first-order chi connectivity index (χ1) is 16.9. The second-order valence-electron chi connectivity index (χ2n) is 9.55. The van der Waals surface area contributed by atoms with Crippen LogP contribution in [0.4, 0.5) is 0 Å². The second-order valence-corrected chi connectivity index (χ2v) is 11.5. The van der Waals surface area contributed by atoms with Gasteiger partial charge in [-0.05, 0) is 61.9 Å². The van der Waals surface area contributed by atoms with Crippen LogP contribution >= 0.6 is 0 Å². The standard InChI is InChI=1S/C27H28N4O3S/c1-18-16-19-6-4-11-24(25(19)28-17-18)35(33,34)31-14-12-30(13-15-31)27(32)22-9-5-8-21-20-7-2-3-10-23(20)29-26(21)22/h4-6,8-9,11,16-17,29H,2-3,7,10,12-15H2,1H3. The molecule has 1 aliphatic heterocycles. The van der Waals surface area contributed by atoms with Crippen molar-refractivity contribution in [1.82, 2.24) is 19.2 Å². The van der Waals surface area contributed by atoms with Gasteiger partial charge in [0.2, 0.25) is 10.0 Å². The molecule has 2 aliphatic rings. The quantitative estimate of drug-likeness (QED) is 0.471. The highest BCUT2D eigenvalue weighted by Crippen LogP contribution is 2.32. The van der Waals surface area contributed by atoms with Crippen LogP contribution in [0.15, 0.2) is 53.6 Å². The lowest BCUT2D eigenvalue weighted by Crippen LogP contribution is -2.50. The molecule has 0 spiro atoms. The van der Waals surface area contributed by atoms with Crippen LogP contribution in [-0.4, -0.2) is 59.7 Å². The zero-order valence-electron chi connectivity index (χ0n) is 19.8. The summed E-state index contributed by atoms with van der Waals surface area (Å²) in [6.45, 7) is 3.16. The van der Waals surface area contributed by atoms with Crippen molar-refractivity contribution < 1.29 is 13.2 Å². The molecule has 1 N–H and O–H groups in total. The Morgan fingerprint density at radius 1 is 1.00 bits per heavy atom. The summed E-state index contributed by atoms with van der Waals surface area (Å²) in [5.41, 5.74) is 5.64. The van der Waals surface area contributed by atoms with Crippen molar-refractivity contribution in [1.29, 1.82) is 0 Å². The lowest BCUT2D eigenvalue weighted by atomic mass is 9.95. The zero-order chi connectivity index (χ0) is 24.2. The average molecular weight is 489 g/mol. The van der Waals surface area contributed by atoms with E-state index in [1.54, 1.807) is 23.2 Å². The van der Waals surface area contributed by atoms with Gasteiger partial charge in [0, 0.05) is 48.8 Å². The maximum atomic E-state index is 13.5. The van der Waals surface area contributed by atoms with E-state index >= 15 is 0 Å². The number of nitrogens with zero attached hydrogens (tertiary/aromatic N) is 3. The van der Waals surface area contributed by atoms with E-state index < -0.39 is 10.0 Å². The van der Waals surface area contributed by atoms with Crippen molar-refractivity contribution >= 4 is 37.7 Å². The number of piperazine rings is 1. The molecule has 3 heterocycles. The molecule has 0 saturated carbocycles. The van der Waals surface area contributed by atoms with Gasteiger partial charge in [-0.25, -0.2) is 8.42 Å². The van der Waals surface area contributed by atoms with Crippen LogP contribution in [0.25, 0.3) is 21.8 Å². The van der Waals surface area contributed by atoms with E-state index in [1.807, 2.05) is 31.2 Å². The summed E-state index contributed by atoms with van der Waals surface area (Å²) in [5.74, 6) is -0.0476. The minimum atomic E-state index is -3.73. The Labute approximate surface area is 204 Å². The third-order valence-electron chi connectivity index (χ3n) is 7.32. The van der Waals surface area contributed by atoms with Gasteiger partial charge in [0.15, 0.2) is 0 Å². The lowest BCUT2D eigenvalue weighted by molar-refractivity contribution is 0.0699. The number of hydrogen-bond donors (Lipinski definition) is 1. The third-order valence-corrected chi connectivity index (χ3v) is 9.25. The fourth-order valence-electron chi connectivity index (χ4n) is 5.50. The van der Waals surface area contributed by atoms with Gasteiger partial charge in [0.05, 0.1) is 16.6 Å². The highest BCUT2D eigenvalue weighted by molar-refractivity contribution is 7.89. The Hall–Kier alpha value is -3.23. The molecule has 0 atom stereocenters. The average Bonchev–Trinajstić information content (AvgIpc) is 3.27. The molecule has 2 aromatic heterocycles. The Morgan fingerprint density at radius 2 is 1.77 bits per heavy atom. The molecule has 1 amide bonds. The highest BCUT2D eigenvalue weighted by atomic mass is 32.2. The Balaban J connectivity index is 1.24. The molecule has 4 aromatic rings. The van der Waals surface area contributed by atoms with E-state index in [9.17, 15) is 13.2 Å². The summed E-state index contributed by atoms with van der Waals surface area (Å²) >= 11 is 0. The first-order valence-corrected chi connectivity index (χ1v) is 13.6. The number of carbonyl (C=O) groups excluding carboxylic acids is 1. The van der Waals surface area contributed by atoms with Gasteiger partial charge in [0.1, 0.15) is 4.90 Å².